The summed E-state index contributed by atoms with van der Waals surface area (Å²) in [6.07, 6.45) is 0.614. The van der Waals surface area contributed by atoms with Gasteiger partial charge in [-0.3, -0.25) is 14.5 Å². The van der Waals surface area contributed by atoms with E-state index in [0.717, 1.165) is 4.90 Å². The number of carbonyl (C=O) groups is 2. The van der Waals surface area contributed by atoms with Crippen LogP contribution in [0.5, 0.6) is 0 Å². The number of hydrogen-bond donors (Lipinski definition) is 1. The van der Waals surface area contributed by atoms with Gasteiger partial charge in [0.2, 0.25) is 11.8 Å². The van der Waals surface area contributed by atoms with E-state index in [2.05, 4.69) is 0 Å². The van der Waals surface area contributed by atoms with Crippen LogP contribution in [0, 0.1) is 11.2 Å². The molecule has 0 bridgehead atoms. The molecule has 1 saturated heterocycles. The van der Waals surface area contributed by atoms with Gasteiger partial charge in [-0.1, -0.05) is 26.0 Å². The highest BCUT2D eigenvalue weighted by Crippen LogP contribution is 2.32. The standard InChI is InChI=1S/C15H19FN2O2/c1-15(2)6-13(19)18(14(20)7-15)9-11-4-3-10(8-17)5-12(11)16/h3-5H,6-9,17H2,1-2H3. The van der Waals surface area contributed by atoms with Gasteiger partial charge in [0.15, 0.2) is 0 Å². The Hall–Kier alpha value is -1.75. The van der Waals surface area contributed by atoms with Gasteiger partial charge in [-0.2, -0.15) is 0 Å². The van der Waals surface area contributed by atoms with Gasteiger partial charge < -0.3 is 5.73 Å². The van der Waals surface area contributed by atoms with E-state index in [1.54, 1.807) is 12.1 Å². The third kappa shape index (κ3) is 3.04. The summed E-state index contributed by atoms with van der Waals surface area (Å²) < 4.78 is 13.9. The van der Waals surface area contributed by atoms with E-state index in [1.165, 1.54) is 6.07 Å². The van der Waals surface area contributed by atoms with Crippen LogP contribution in [0.3, 0.4) is 0 Å². The third-order valence-corrected chi connectivity index (χ3v) is 3.54. The van der Waals surface area contributed by atoms with Crippen LogP contribution < -0.4 is 5.73 Å². The molecule has 0 spiro atoms. The van der Waals surface area contributed by atoms with Gasteiger partial charge in [-0.05, 0) is 17.0 Å². The first kappa shape index (κ1) is 14.7. The van der Waals surface area contributed by atoms with Crippen molar-refractivity contribution in [3.8, 4) is 0 Å². The number of piperidine rings is 1. The van der Waals surface area contributed by atoms with Gasteiger partial charge in [0.05, 0.1) is 6.54 Å². The van der Waals surface area contributed by atoms with Crippen molar-refractivity contribution < 1.29 is 14.0 Å². The van der Waals surface area contributed by atoms with E-state index in [1.807, 2.05) is 13.8 Å². The van der Waals surface area contributed by atoms with E-state index >= 15 is 0 Å². The number of benzene rings is 1. The van der Waals surface area contributed by atoms with Crippen LogP contribution in [0.15, 0.2) is 18.2 Å². The lowest BCUT2D eigenvalue weighted by molar-refractivity contribution is -0.153. The molecule has 0 aromatic heterocycles. The minimum Gasteiger partial charge on any atom is -0.326 e. The van der Waals surface area contributed by atoms with E-state index < -0.39 is 5.82 Å². The number of imide groups is 1. The Morgan fingerprint density at radius 3 is 2.35 bits per heavy atom. The molecule has 1 aliphatic heterocycles. The van der Waals surface area contributed by atoms with Crippen LogP contribution in [0.4, 0.5) is 4.39 Å². The van der Waals surface area contributed by atoms with Crippen molar-refractivity contribution >= 4 is 11.8 Å². The van der Waals surface area contributed by atoms with Crippen LogP contribution in [0.2, 0.25) is 0 Å². The number of hydrogen-bond acceptors (Lipinski definition) is 3. The summed E-state index contributed by atoms with van der Waals surface area (Å²) in [6.45, 7) is 4.02. The molecule has 0 saturated carbocycles. The molecule has 4 nitrogen and oxygen atoms in total. The van der Waals surface area contributed by atoms with Gasteiger partial charge in [-0.25, -0.2) is 4.39 Å². The van der Waals surface area contributed by atoms with Crippen molar-refractivity contribution in [3.05, 3.63) is 35.1 Å². The summed E-state index contributed by atoms with van der Waals surface area (Å²) in [5.74, 6) is -0.916. The molecule has 0 unspecified atom stereocenters. The molecule has 2 rings (SSSR count). The zero-order valence-electron chi connectivity index (χ0n) is 11.8. The number of likely N-dealkylation sites (tertiary alicyclic amines) is 1. The highest BCUT2D eigenvalue weighted by molar-refractivity contribution is 5.98. The second-order valence-corrected chi connectivity index (χ2v) is 6.02. The summed E-state index contributed by atoms with van der Waals surface area (Å²) in [4.78, 5) is 25.2. The van der Waals surface area contributed by atoms with Crippen molar-refractivity contribution in [2.45, 2.75) is 39.8 Å². The van der Waals surface area contributed by atoms with E-state index in [4.69, 9.17) is 5.73 Å². The molecule has 108 valence electrons. The van der Waals surface area contributed by atoms with Crippen molar-refractivity contribution in [3.63, 3.8) is 0 Å². The number of rotatable bonds is 3. The lowest BCUT2D eigenvalue weighted by atomic mass is 9.81. The first-order chi connectivity index (χ1) is 9.32. The van der Waals surface area contributed by atoms with Crippen LogP contribution in [-0.2, 0) is 22.7 Å². The molecule has 0 atom stereocenters. The van der Waals surface area contributed by atoms with Crippen LogP contribution in [-0.4, -0.2) is 16.7 Å². The topological polar surface area (TPSA) is 63.4 Å². The monoisotopic (exact) mass is 278 g/mol. The third-order valence-electron chi connectivity index (χ3n) is 3.54. The fourth-order valence-electron chi connectivity index (χ4n) is 2.40. The Kier molecular flexibility index (Phi) is 3.90. The fourth-order valence-corrected chi connectivity index (χ4v) is 2.40. The van der Waals surface area contributed by atoms with Gasteiger partial charge in [0, 0.05) is 24.9 Å². The highest BCUT2D eigenvalue weighted by atomic mass is 19.1. The molecule has 1 aromatic carbocycles. The first-order valence-corrected chi connectivity index (χ1v) is 6.63. The van der Waals surface area contributed by atoms with Crippen molar-refractivity contribution in [2.24, 2.45) is 11.1 Å². The molecular formula is C15H19FN2O2. The Labute approximate surface area is 117 Å². The minimum absolute atomic E-state index is 0.00949. The molecule has 20 heavy (non-hydrogen) atoms. The molecule has 1 fully saturated rings. The van der Waals surface area contributed by atoms with Crippen molar-refractivity contribution in [1.82, 2.24) is 4.90 Å². The lowest BCUT2D eigenvalue weighted by Gasteiger charge is -2.34. The molecule has 2 amide bonds. The van der Waals surface area contributed by atoms with Gasteiger partial charge in [0.25, 0.3) is 0 Å². The maximum Gasteiger partial charge on any atom is 0.230 e. The minimum atomic E-state index is -0.432. The number of carbonyl (C=O) groups excluding carboxylic acids is 2. The van der Waals surface area contributed by atoms with Gasteiger partial charge in [0.1, 0.15) is 5.82 Å². The number of halogens is 1. The number of amides is 2. The zero-order chi connectivity index (χ0) is 14.9. The average Bonchev–Trinajstić information content (AvgIpc) is 2.34. The van der Waals surface area contributed by atoms with Gasteiger partial charge >= 0.3 is 0 Å². The van der Waals surface area contributed by atoms with Crippen LogP contribution in [0.1, 0.15) is 37.8 Å². The Morgan fingerprint density at radius 2 is 1.85 bits per heavy atom. The SMILES string of the molecule is CC1(C)CC(=O)N(Cc2ccc(CN)cc2F)C(=O)C1. The van der Waals surface area contributed by atoms with Crippen molar-refractivity contribution in [2.75, 3.05) is 0 Å². The predicted octanol–water partition coefficient (Wildman–Crippen LogP) is 1.96. The maximum atomic E-state index is 13.9. The largest absolute Gasteiger partial charge is 0.326 e. The predicted molar refractivity (Wildman–Crippen MR) is 72.9 cm³/mol. The smallest absolute Gasteiger partial charge is 0.230 e. The molecule has 2 N–H and O–H groups in total. The molecule has 0 aliphatic carbocycles. The molecule has 1 heterocycles. The second kappa shape index (κ2) is 5.32. The molecule has 0 radical (unpaired) electrons. The van der Waals surface area contributed by atoms with Crippen LogP contribution >= 0.6 is 0 Å². The molecular weight excluding hydrogens is 259 g/mol. The lowest BCUT2D eigenvalue weighted by Crippen LogP contribution is -2.45. The summed E-state index contributed by atoms with van der Waals surface area (Å²) in [5, 5.41) is 0. The normalized spacial score (nSPS) is 18.5. The quantitative estimate of drug-likeness (QED) is 0.860. The molecule has 5 heteroatoms. The summed E-state index contributed by atoms with van der Waals surface area (Å²) in [5.41, 5.74) is 6.15. The van der Waals surface area contributed by atoms with Gasteiger partial charge in [-0.15, -0.1) is 0 Å². The molecule has 1 aromatic rings. The Bertz CT molecular complexity index is 535. The Morgan fingerprint density at radius 1 is 1.25 bits per heavy atom. The van der Waals surface area contributed by atoms with Crippen LogP contribution in [0.25, 0.3) is 0 Å². The second-order valence-electron chi connectivity index (χ2n) is 6.02. The van der Waals surface area contributed by atoms with E-state index in [0.29, 0.717) is 24.0 Å². The zero-order valence-corrected chi connectivity index (χ0v) is 11.8. The molecule has 1 aliphatic rings. The number of nitrogens with zero attached hydrogens (tertiary/aromatic N) is 1. The average molecular weight is 278 g/mol. The fraction of sp³-hybridized carbons (Fsp3) is 0.467. The summed E-state index contributed by atoms with van der Waals surface area (Å²) >= 11 is 0. The van der Waals surface area contributed by atoms with E-state index in [-0.39, 0.29) is 30.3 Å². The summed E-state index contributed by atoms with van der Waals surface area (Å²) in [6, 6.07) is 4.64. The number of nitrogens with two attached hydrogens (primary N) is 1. The Balaban J connectivity index is 2.18. The first-order valence-electron chi connectivity index (χ1n) is 6.63. The maximum absolute atomic E-state index is 13.9. The van der Waals surface area contributed by atoms with E-state index in [9.17, 15) is 14.0 Å². The van der Waals surface area contributed by atoms with Crippen molar-refractivity contribution in [1.29, 1.82) is 0 Å². The highest BCUT2D eigenvalue weighted by Gasteiger charge is 2.37. The summed E-state index contributed by atoms with van der Waals surface area (Å²) in [7, 11) is 0.